The zero-order valence-corrected chi connectivity index (χ0v) is 11.1. The van der Waals surface area contributed by atoms with Gasteiger partial charge in [-0.1, -0.05) is 0 Å². The maximum absolute atomic E-state index is 11.4. The third-order valence-corrected chi connectivity index (χ3v) is 2.41. The van der Waals surface area contributed by atoms with Crippen LogP contribution in [0.3, 0.4) is 0 Å². The molecular weight excluding hydrogens is 216 g/mol. The number of aromatic nitrogens is 2. The number of nitrogens with one attached hydrogen (secondary N) is 2. The smallest absolute Gasteiger partial charge is 0.221 e. The van der Waals surface area contributed by atoms with E-state index in [4.69, 9.17) is 0 Å². The molecule has 0 fully saturated rings. The van der Waals surface area contributed by atoms with Gasteiger partial charge in [-0.05, 0) is 20.8 Å². The fourth-order valence-corrected chi connectivity index (χ4v) is 1.64. The van der Waals surface area contributed by atoms with E-state index in [-0.39, 0.29) is 11.9 Å². The van der Waals surface area contributed by atoms with E-state index >= 15 is 0 Å². The van der Waals surface area contributed by atoms with Gasteiger partial charge in [-0.3, -0.25) is 9.48 Å². The van der Waals surface area contributed by atoms with Crippen molar-refractivity contribution < 1.29 is 4.79 Å². The topological polar surface area (TPSA) is 59.0 Å². The molecule has 0 aliphatic rings. The van der Waals surface area contributed by atoms with Crippen LogP contribution < -0.4 is 10.6 Å². The van der Waals surface area contributed by atoms with Crippen LogP contribution in [0.4, 0.5) is 0 Å². The Kier molecular flexibility index (Phi) is 5.15. The number of hydrogen-bond acceptors (Lipinski definition) is 3. The lowest BCUT2D eigenvalue weighted by Gasteiger charge is -2.08. The van der Waals surface area contributed by atoms with Crippen molar-refractivity contribution in [3.63, 3.8) is 0 Å². The van der Waals surface area contributed by atoms with E-state index in [0.717, 1.165) is 12.2 Å². The predicted octanol–water partition coefficient (Wildman–Crippen LogP) is 0.733. The lowest BCUT2D eigenvalue weighted by molar-refractivity contribution is -0.121. The summed E-state index contributed by atoms with van der Waals surface area (Å²) in [5, 5.41) is 10.4. The second-order valence-electron chi connectivity index (χ2n) is 4.56. The molecule has 0 aliphatic carbocycles. The summed E-state index contributed by atoms with van der Waals surface area (Å²) in [6.45, 7) is 7.36. The van der Waals surface area contributed by atoms with Gasteiger partial charge in [-0.2, -0.15) is 5.10 Å². The van der Waals surface area contributed by atoms with E-state index in [1.807, 2.05) is 34.0 Å². The molecule has 1 aromatic rings. The van der Waals surface area contributed by atoms with Gasteiger partial charge in [0.15, 0.2) is 0 Å². The number of hydrogen-bond donors (Lipinski definition) is 2. The standard InChI is InChI=1S/C12H22N4O/c1-9(2)14-12(17)5-6-13-7-11-8-16(4)15-10(11)3/h8-9,13H,5-7H2,1-4H3,(H,14,17). The highest BCUT2D eigenvalue weighted by molar-refractivity contribution is 5.76. The average Bonchev–Trinajstić information content (AvgIpc) is 2.51. The van der Waals surface area contributed by atoms with Gasteiger partial charge in [0.1, 0.15) is 0 Å². The molecule has 1 amide bonds. The molecule has 0 saturated carbocycles. The molecule has 0 aliphatic heterocycles. The van der Waals surface area contributed by atoms with Gasteiger partial charge < -0.3 is 10.6 Å². The average molecular weight is 238 g/mol. The molecule has 0 radical (unpaired) electrons. The van der Waals surface area contributed by atoms with E-state index in [1.54, 1.807) is 4.68 Å². The minimum atomic E-state index is 0.0930. The van der Waals surface area contributed by atoms with Gasteiger partial charge in [-0.25, -0.2) is 0 Å². The number of rotatable bonds is 6. The number of carbonyl (C=O) groups is 1. The van der Waals surface area contributed by atoms with Crippen LogP contribution in [0, 0.1) is 6.92 Å². The molecule has 0 spiro atoms. The number of amides is 1. The van der Waals surface area contributed by atoms with Crippen LogP contribution in [-0.4, -0.2) is 28.3 Å². The lowest BCUT2D eigenvalue weighted by atomic mass is 10.2. The normalized spacial score (nSPS) is 10.9. The van der Waals surface area contributed by atoms with Gasteiger partial charge in [0.2, 0.25) is 5.91 Å². The summed E-state index contributed by atoms with van der Waals surface area (Å²) in [7, 11) is 1.91. The van der Waals surface area contributed by atoms with E-state index in [9.17, 15) is 4.79 Å². The molecular formula is C12H22N4O. The number of carbonyl (C=O) groups excluding carboxylic acids is 1. The second-order valence-corrected chi connectivity index (χ2v) is 4.56. The molecule has 1 aromatic heterocycles. The summed E-state index contributed by atoms with van der Waals surface area (Å²) in [5.41, 5.74) is 2.21. The molecule has 5 heteroatoms. The Bertz CT molecular complexity index is 371. The quantitative estimate of drug-likeness (QED) is 0.718. The van der Waals surface area contributed by atoms with Crippen molar-refractivity contribution in [3.8, 4) is 0 Å². The summed E-state index contributed by atoms with van der Waals surface area (Å²) in [6, 6.07) is 0.211. The molecule has 0 atom stereocenters. The molecule has 17 heavy (non-hydrogen) atoms. The fourth-order valence-electron chi connectivity index (χ4n) is 1.64. The number of aryl methyl sites for hydroxylation is 2. The first kappa shape index (κ1) is 13.7. The van der Waals surface area contributed by atoms with Gasteiger partial charge in [0, 0.05) is 44.4 Å². The highest BCUT2D eigenvalue weighted by atomic mass is 16.1. The van der Waals surface area contributed by atoms with Crippen LogP contribution in [0.25, 0.3) is 0 Å². The largest absolute Gasteiger partial charge is 0.354 e. The second kappa shape index (κ2) is 6.39. The highest BCUT2D eigenvalue weighted by Gasteiger charge is 2.04. The Morgan fingerprint density at radius 1 is 1.53 bits per heavy atom. The third-order valence-electron chi connectivity index (χ3n) is 2.41. The maximum Gasteiger partial charge on any atom is 0.221 e. The molecule has 0 aromatic carbocycles. The molecule has 2 N–H and O–H groups in total. The SMILES string of the molecule is Cc1nn(C)cc1CNCCC(=O)NC(C)C. The molecule has 0 saturated heterocycles. The lowest BCUT2D eigenvalue weighted by Crippen LogP contribution is -2.32. The summed E-state index contributed by atoms with van der Waals surface area (Å²) >= 11 is 0. The van der Waals surface area contributed by atoms with Crippen LogP contribution >= 0.6 is 0 Å². The van der Waals surface area contributed by atoms with Crippen LogP contribution in [-0.2, 0) is 18.4 Å². The molecule has 0 bridgehead atoms. The Hall–Kier alpha value is -1.36. The van der Waals surface area contributed by atoms with E-state index in [0.29, 0.717) is 13.0 Å². The zero-order chi connectivity index (χ0) is 12.8. The minimum absolute atomic E-state index is 0.0930. The maximum atomic E-state index is 11.4. The van der Waals surface area contributed by atoms with Crippen molar-refractivity contribution in [1.82, 2.24) is 20.4 Å². The number of nitrogens with zero attached hydrogens (tertiary/aromatic N) is 2. The van der Waals surface area contributed by atoms with E-state index < -0.39 is 0 Å². The zero-order valence-electron chi connectivity index (χ0n) is 11.1. The van der Waals surface area contributed by atoms with Gasteiger partial charge in [0.25, 0.3) is 0 Å². The first-order valence-electron chi connectivity index (χ1n) is 5.98. The molecule has 0 unspecified atom stereocenters. The van der Waals surface area contributed by atoms with Gasteiger partial charge in [0.05, 0.1) is 5.69 Å². The van der Waals surface area contributed by atoms with E-state index in [1.165, 1.54) is 5.56 Å². The van der Waals surface area contributed by atoms with Crippen molar-refractivity contribution in [2.45, 2.75) is 39.8 Å². The first-order valence-corrected chi connectivity index (χ1v) is 5.98. The Morgan fingerprint density at radius 3 is 2.76 bits per heavy atom. The Balaban J connectivity index is 2.20. The van der Waals surface area contributed by atoms with Crippen molar-refractivity contribution in [2.24, 2.45) is 7.05 Å². The van der Waals surface area contributed by atoms with E-state index in [2.05, 4.69) is 15.7 Å². The van der Waals surface area contributed by atoms with Crippen molar-refractivity contribution in [1.29, 1.82) is 0 Å². The van der Waals surface area contributed by atoms with Crippen molar-refractivity contribution in [3.05, 3.63) is 17.5 Å². The Morgan fingerprint density at radius 2 is 2.24 bits per heavy atom. The van der Waals surface area contributed by atoms with Crippen molar-refractivity contribution >= 4 is 5.91 Å². The van der Waals surface area contributed by atoms with Gasteiger partial charge in [-0.15, -0.1) is 0 Å². The van der Waals surface area contributed by atoms with Crippen LogP contribution in [0.5, 0.6) is 0 Å². The Labute approximate surface area is 103 Å². The predicted molar refractivity (Wildman–Crippen MR) is 67.5 cm³/mol. The monoisotopic (exact) mass is 238 g/mol. The summed E-state index contributed by atoms with van der Waals surface area (Å²) in [6.07, 6.45) is 2.51. The molecule has 96 valence electrons. The van der Waals surface area contributed by atoms with Crippen molar-refractivity contribution in [2.75, 3.05) is 6.54 Å². The summed E-state index contributed by atoms with van der Waals surface area (Å²) in [5.74, 6) is 0.0930. The molecule has 1 heterocycles. The highest BCUT2D eigenvalue weighted by Crippen LogP contribution is 2.03. The minimum Gasteiger partial charge on any atom is -0.354 e. The summed E-state index contributed by atoms with van der Waals surface area (Å²) in [4.78, 5) is 11.4. The molecule has 5 nitrogen and oxygen atoms in total. The fraction of sp³-hybridized carbons (Fsp3) is 0.667. The van der Waals surface area contributed by atoms with Crippen LogP contribution in [0.2, 0.25) is 0 Å². The first-order chi connectivity index (χ1) is 7.99. The third kappa shape index (κ3) is 4.99. The van der Waals surface area contributed by atoms with Crippen LogP contribution in [0.15, 0.2) is 6.20 Å². The van der Waals surface area contributed by atoms with Crippen LogP contribution in [0.1, 0.15) is 31.5 Å². The van der Waals surface area contributed by atoms with Gasteiger partial charge >= 0.3 is 0 Å². The molecule has 1 rings (SSSR count). The summed E-state index contributed by atoms with van der Waals surface area (Å²) < 4.78 is 1.80.